The monoisotopic (exact) mass is 487 g/mol. The lowest BCUT2D eigenvalue weighted by Gasteiger charge is -2.31. The zero-order chi connectivity index (χ0) is 25.0. The molecular weight excluding hydrogens is 450 g/mol. The molecule has 7 nitrogen and oxygen atoms in total. The van der Waals surface area contributed by atoms with Crippen LogP contribution in [0, 0.1) is 0 Å². The Bertz CT molecular complexity index is 997. The highest BCUT2D eigenvalue weighted by Crippen LogP contribution is 2.15. The van der Waals surface area contributed by atoms with Crippen molar-refractivity contribution in [3.8, 4) is 0 Å². The van der Waals surface area contributed by atoms with Crippen LogP contribution in [0.4, 0.5) is 0 Å². The number of amides is 2. The molecule has 0 spiro atoms. The number of nitrogens with zero attached hydrogens (tertiary/aromatic N) is 2. The Balaban J connectivity index is 2.05. The predicted octanol–water partition coefficient (Wildman–Crippen LogP) is 3.46. The molecule has 0 aliphatic rings. The zero-order valence-electron chi connectivity index (χ0n) is 20.4. The van der Waals surface area contributed by atoms with Crippen LogP contribution in [0.5, 0.6) is 0 Å². The van der Waals surface area contributed by atoms with Crippen molar-refractivity contribution in [2.75, 3.05) is 26.7 Å². The number of hydrogen-bond donors (Lipinski definition) is 1. The maximum Gasteiger partial charge on any atom is 0.242 e. The summed E-state index contributed by atoms with van der Waals surface area (Å²) in [5, 5.41) is 2.91. The molecule has 0 saturated heterocycles. The Morgan fingerprint density at radius 2 is 1.56 bits per heavy atom. The molecule has 34 heavy (non-hydrogen) atoms. The maximum atomic E-state index is 13.2. The van der Waals surface area contributed by atoms with Gasteiger partial charge in [-0.2, -0.15) is 0 Å². The van der Waals surface area contributed by atoms with Crippen molar-refractivity contribution < 1.29 is 18.0 Å². The van der Waals surface area contributed by atoms with Crippen LogP contribution in [0.3, 0.4) is 0 Å². The molecule has 0 aliphatic heterocycles. The van der Waals surface area contributed by atoms with Crippen molar-refractivity contribution in [1.82, 2.24) is 14.5 Å². The molecule has 2 amide bonds. The van der Waals surface area contributed by atoms with Gasteiger partial charge in [-0.25, -0.2) is 12.7 Å². The fourth-order valence-corrected chi connectivity index (χ4v) is 4.98. The normalized spacial score (nSPS) is 12.4. The third kappa shape index (κ3) is 7.95. The lowest BCUT2D eigenvalue weighted by molar-refractivity contribution is -0.140. The van der Waals surface area contributed by atoms with Gasteiger partial charge in [0, 0.05) is 33.1 Å². The summed E-state index contributed by atoms with van der Waals surface area (Å²) in [6, 6.07) is 17.6. The summed E-state index contributed by atoms with van der Waals surface area (Å²) in [6.07, 6.45) is 2.52. The number of benzene rings is 2. The maximum absolute atomic E-state index is 13.2. The largest absolute Gasteiger partial charge is 0.354 e. The lowest BCUT2D eigenvalue weighted by Crippen LogP contribution is -2.50. The van der Waals surface area contributed by atoms with E-state index in [1.54, 1.807) is 35.2 Å². The van der Waals surface area contributed by atoms with E-state index in [1.165, 1.54) is 11.4 Å². The first-order chi connectivity index (χ1) is 16.3. The number of carbonyl (C=O) groups is 2. The first-order valence-corrected chi connectivity index (χ1v) is 13.4. The van der Waals surface area contributed by atoms with E-state index in [4.69, 9.17) is 0 Å². The van der Waals surface area contributed by atoms with Gasteiger partial charge in [-0.05, 0) is 43.4 Å². The first kappa shape index (κ1) is 27.5. The highest BCUT2D eigenvalue weighted by Gasteiger charge is 2.28. The molecule has 0 aromatic heterocycles. The summed E-state index contributed by atoms with van der Waals surface area (Å²) < 4.78 is 26.7. The third-order valence-corrected chi connectivity index (χ3v) is 7.61. The number of nitrogens with one attached hydrogen (secondary N) is 1. The summed E-state index contributed by atoms with van der Waals surface area (Å²) in [6.45, 7) is 5.10. The molecule has 0 unspecified atom stereocenters. The Morgan fingerprint density at radius 3 is 2.15 bits per heavy atom. The molecule has 0 saturated carbocycles. The Morgan fingerprint density at radius 1 is 0.941 bits per heavy atom. The van der Waals surface area contributed by atoms with Crippen molar-refractivity contribution in [3.63, 3.8) is 0 Å². The van der Waals surface area contributed by atoms with Gasteiger partial charge >= 0.3 is 0 Å². The second kappa shape index (κ2) is 13.9. The molecule has 0 bridgehead atoms. The number of carbonyl (C=O) groups excluding carboxylic acids is 2. The Hall–Kier alpha value is -2.71. The summed E-state index contributed by atoms with van der Waals surface area (Å²) in [5.41, 5.74) is 1.10. The van der Waals surface area contributed by atoms with Gasteiger partial charge in [0.25, 0.3) is 0 Å². The average molecular weight is 488 g/mol. The van der Waals surface area contributed by atoms with E-state index in [0.717, 1.165) is 12.0 Å². The van der Waals surface area contributed by atoms with Crippen LogP contribution < -0.4 is 5.32 Å². The first-order valence-electron chi connectivity index (χ1n) is 11.9. The average Bonchev–Trinajstić information content (AvgIpc) is 2.86. The summed E-state index contributed by atoms with van der Waals surface area (Å²) in [4.78, 5) is 27.9. The van der Waals surface area contributed by atoms with Gasteiger partial charge in [0.2, 0.25) is 21.8 Å². The van der Waals surface area contributed by atoms with Crippen molar-refractivity contribution in [2.45, 2.75) is 56.9 Å². The fourth-order valence-electron chi connectivity index (χ4n) is 3.75. The molecule has 0 heterocycles. The topological polar surface area (TPSA) is 86.8 Å². The Labute approximate surface area is 204 Å². The van der Waals surface area contributed by atoms with Crippen LogP contribution in [0.2, 0.25) is 0 Å². The molecule has 0 radical (unpaired) electrons. The van der Waals surface area contributed by atoms with Gasteiger partial charge in [-0.1, -0.05) is 62.4 Å². The molecule has 2 aromatic rings. The Kier molecular flexibility index (Phi) is 11.2. The van der Waals surface area contributed by atoms with Crippen LogP contribution in [-0.2, 0) is 26.0 Å². The predicted molar refractivity (Wildman–Crippen MR) is 135 cm³/mol. The SMILES string of the molecule is CCCNC(=O)[C@@H](CC)N(CCc1ccccc1)C(=O)CCCN(C)S(=O)(=O)c1ccccc1. The van der Waals surface area contributed by atoms with E-state index in [0.29, 0.717) is 32.4 Å². The summed E-state index contributed by atoms with van der Waals surface area (Å²) in [7, 11) is -2.08. The van der Waals surface area contributed by atoms with Crippen molar-refractivity contribution in [2.24, 2.45) is 0 Å². The second-order valence-electron chi connectivity index (χ2n) is 8.28. The van der Waals surface area contributed by atoms with E-state index < -0.39 is 16.1 Å². The van der Waals surface area contributed by atoms with Crippen molar-refractivity contribution in [1.29, 1.82) is 0 Å². The highest BCUT2D eigenvalue weighted by molar-refractivity contribution is 7.89. The standard InChI is InChI=1S/C26H37N3O4S/c1-4-19-27-26(31)24(5-2)29(21-18-22-13-8-6-9-14-22)25(30)17-12-20-28(3)34(32,33)23-15-10-7-11-16-23/h6-11,13-16,24H,4-5,12,17-21H2,1-3H3,(H,27,31)/t24-/m1/s1. The van der Waals surface area contributed by atoms with E-state index in [2.05, 4.69) is 5.32 Å². The minimum Gasteiger partial charge on any atom is -0.354 e. The molecule has 0 fully saturated rings. The molecule has 0 aliphatic carbocycles. The quantitative estimate of drug-likeness (QED) is 0.442. The van der Waals surface area contributed by atoms with Crippen LogP contribution >= 0.6 is 0 Å². The van der Waals surface area contributed by atoms with E-state index >= 15 is 0 Å². The molecule has 2 rings (SSSR count). The molecule has 186 valence electrons. The van der Waals surface area contributed by atoms with Crippen LogP contribution in [0.15, 0.2) is 65.6 Å². The molecule has 1 atom stereocenters. The summed E-state index contributed by atoms with van der Waals surface area (Å²) in [5.74, 6) is -0.283. The molecular formula is C26H37N3O4S. The van der Waals surface area contributed by atoms with E-state index in [1.807, 2.05) is 44.2 Å². The fraction of sp³-hybridized carbons (Fsp3) is 0.462. The smallest absolute Gasteiger partial charge is 0.242 e. The zero-order valence-corrected chi connectivity index (χ0v) is 21.3. The van der Waals surface area contributed by atoms with Crippen molar-refractivity contribution >= 4 is 21.8 Å². The minimum atomic E-state index is -3.60. The third-order valence-electron chi connectivity index (χ3n) is 5.73. The van der Waals surface area contributed by atoms with Gasteiger partial charge in [0.05, 0.1) is 4.90 Å². The van der Waals surface area contributed by atoms with Gasteiger partial charge in [0.15, 0.2) is 0 Å². The highest BCUT2D eigenvalue weighted by atomic mass is 32.2. The minimum absolute atomic E-state index is 0.139. The van der Waals surface area contributed by atoms with Gasteiger partial charge < -0.3 is 10.2 Å². The van der Waals surface area contributed by atoms with Crippen LogP contribution in [-0.4, -0.2) is 62.2 Å². The van der Waals surface area contributed by atoms with Crippen LogP contribution in [0.1, 0.15) is 45.1 Å². The van der Waals surface area contributed by atoms with Gasteiger partial charge in [-0.15, -0.1) is 0 Å². The molecule has 2 aromatic carbocycles. The number of rotatable bonds is 14. The van der Waals surface area contributed by atoms with Gasteiger partial charge in [-0.3, -0.25) is 9.59 Å². The molecule has 1 N–H and O–H groups in total. The van der Waals surface area contributed by atoms with E-state index in [9.17, 15) is 18.0 Å². The van der Waals surface area contributed by atoms with Gasteiger partial charge in [0.1, 0.15) is 6.04 Å². The number of sulfonamides is 1. The number of hydrogen-bond acceptors (Lipinski definition) is 4. The van der Waals surface area contributed by atoms with E-state index in [-0.39, 0.29) is 29.7 Å². The van der Waals surface area contributed by atoms with Crippen LogP contribution in [0.25, 0.3) is 0 Å². The summed E-state index contributed by atoms with van der Waals surface area (Å²) >= 11 is 0. The lowest BCUT2D eigenvalue weighted by atomic mass is 10.1. The molecule has 8 heteroatoms. The van der Waals surface area contributed by atoms with Crippen molar-refractivity contribution in [3.05, 3.63) is 66.2 Å². The second-order valence-corrected chi connectivity index (χ2v) is 10.3.